The van der Waals surface area contributed by atoms with Gasteiger partial charge in [0.05, 0.1) is 0 Å². The van der Waals surface area contributed by atoms with E-state index in [1.54, 1.807) is 0 Å². The van der Waals surface area contributed by atoms with Crippen LogP contribution in [0.1, 0.15) is 40.0 Å². The molecule has 1 saturated heterocycles. The summed E-state index contributed by atoms with van der Waals surface area (Å²) in [5, 5.41) is 11.7. The van der Waals surface area contributed by atoms with Crippen LogP contribution in [0.25, 0.3) is 0 Å². The summed E-state index contributed by atoms with van der Waals surface area (Å²) in [5.74, 6) is -0.800. The van der Waals surface area contributed by atoms with Gasteiger partial charge in [0.1, 0.15) is 0 Å². The van der Waals surface area contributed by atoms with E-state index in [9.17, 15) is 9.59 Å². The number of nitrogens with one attached hydrogen (secondary N) is 1. The van der Waals surface area contributed by atoms with E-state index in [1.165, 1.54) is 0 Å². The summed E-state index contributed by atoms with van der Waals surface area (Å²) in [6.07, 6.45) is 1.88. The molecule has 2 amide bonds. The van der Waals surface area contributed by atoms with Crippen molar-refractivity contribution in [1.82, 2.24) is 15.1 Å². The first kappa shape index (κ1) is 17.8. The van der Waals surface area contributed by atoms with Crippen LogP contribution in [-0.4, -0.2) is 65.7 Å². The average Bonchev–Trinajstić information content (AvgIpc) is 2.93. The fourth-order valence-electron chi connectivity index (χ4n) is 2.92. The number of rotatable bonds is 8. The van der Waals surface area contributed by atoms with Gasteiger partial charge in [-0.05, 0) is 25.4 Å². The molecule has 0 aromatic heterocycles. The van der Waals surface area contributed by atoms with Gasteiger partial charge < -0.3 is 15.3 Å². The minimum atomic E-state index is -0.807. The Morgan fingerprint density at radius 3 is 2.52 bits per heavy atom. The molecule has 2 atom stereocenters. The first-order chi connectivity index (χ1) is 10.0. The zero-order valence-electron chi connectivity index (χ0n) is 13.5. The topological polar surface area (TPSA) is 72.9 Å². The van der Waals surface area contributed by atoms with Gasteiger partial charge in [0.2, 0.25) is 0 Å². The number of aliphatic carboxylic acids is 1. The average molecular weight is 299 g/mol. The lowest BCUT2D eigenvalue weighted by molar-refractivity contribution is -0.138. The molecule has 6 heteroatoms. The standard InChI is InChI=1S/C15H29N3O3/c1-4-12(9-14(19)20)10-16-15(21)18-8-7-13(11-18)17(5-2)6-3/h12-13H,4-11H2,1-3H3,(H,16,21)(H,19,20). The Hall–Kier alpha value is -1.30. The molecule has 1 aliphatic rings. The van der Waals surface area contributed by atoms with Crippen molar-refractivity contribution in [2.45, 2.75) is 46.1 Å². The Labute approximate surface area is 127 Å². The van der Waals surface area contributed by atoms with E-state index in [0.717, 1.165) is 39.0 Å². The van der Waals surface area contributed by atoms with Gasteiger partial charge in [0.15, 0.2) is 0 Å². The molecule has 1 heterocycles. The number of likely N-dealkylation sites (tertiary alicyclic amines) is 1. The summed E-state index contributed by atoms with van der Waals surface area (Å²) in [6.45, 7) is 10.2. The zero-order valence-corrected chi connectivity index (χ0v) is 13.5. The molecule has 0 aliphatic carbocycles. The Bertz CT molecular complexity index is 345. The molecular weight excluding hydrogens is 270 g/mol. The number of nitrogens with zero attached hydrogens (tertiary/aromatic N) is 2. The van der Waals surface area contributed by atoms with Crippen LogP contribution in [0.15, 0.2) is 0 Å². The van der Waals surface area contributed by atoms with Crippen molar-refractivity contribution in [2.24, 2.45) is 5.92 Å². The van der Waals surface area contributed by atoms with Crippen LogP contribution in [0.5, 0.6) is 0 Å². The van der Waals surface area contributed by atoms with E-state index in [4.69, 9.17) is 5.11 Å². The van der Waals surface area contributed by atoms with Crippen LogP contribution in [0, 0.1) is 5.92 Å². The highest BCUT2D eigenvalue weighted by Gasteiger charge is 2.29. The van der Waals surface area contributed by atoms with Crippen LogP contribution >= 0.6 is 0 Å². The molecule has 0 spiro atoms. The van der Waals surface area contributed by atoms with E-state index in [1.807, 2.05) is 11.8 Å². The Balaban J connectivity index is 2.38. The molecule has 1 aliphatic heterocycles. The zero-order chi connectivity index (χ0) is 15.8. The lowest BCUT2D eigenvalue weighted by Gasteiger charge is -2.26. The lowest BCUT2D eigenvalue weighted by Crippen LogP contribution is -2.43. The maximum atomic E-state index is 12.1. The molecule has 0 bridgehead atoms. The van der Waals surface area contributed by atoms with Crippen molar-refractivity contribution >= 4 is 12.0 Å². The molecule has 0 aromatic rings. The first-order valence-electron chi connectivity index (χ1n) is 8.00. The predicted molar refractivity (Wildman–Crippen MR) is 82.3 cm³/mol. The van der Waals surface area contributed by atoms with Crippen LogP contribution < -0.4 is 5.32 Å². The lowest BCUT2D eigenvalue weighted by atomic mass is 10.0. The van der Waals surface area contributed by atoms with Crippen molar-refractivity contribution in [2.75, 3.05) is 32.7 Å². The van der Waals surface area contributed by atoms with Gasteiger partial charge in [-0.2, -0.15) is 0 Å². The number of amides is 2. The Morgan fingerprint density at radius 1 is 1.33 bits per heavy atom. The highest BCUT2D eigenvalue weighted by atomic mass is 16.4. The molecule has 122 valence electrons. The third kappa shape index (κ3) is 5.53. The van der Waals surface area contributed by atoms with E-state index >= 15 is 0 Å². The van der Waals surface area contributed by atoms with Crippen molar-refractivity contribution in [3.8, 4) is 0 Å². The van der Waals surface area contributed by atoms with Crippen molar-refractivity contribution in [3.05, 3.63) is 0 Å². The third-order valence-corrected chi connectivity index (χ3v) is 4.36. The van der Waals surface area contributed by atoms with E-state index in [-0.39, 0.29) is 18.4 Å². The van der Waals surface area contributed by atoms with Gasteiger partial charge in [0.25, 0.3) is 0 Å². The normalized spacial score (nSPS) is 19.8. The minimum Gasteiger partial charge on any atom is -0.481 e. The fourth-order valence-corrected chi connectivity index (χ4v) is 2.92. The molecule has 1 rings (SSSR count). The first-order valence-corrected chi connectivity index (χ1v) is 8.00. The second-order valence-electron chi connectivity index (χ2n) is 5.67. The molecule has 0 saturated carbocycles. The van der Waals surface area contributed by atoms with E-state index < -0.39 is 5.97 Å². The van der Waals surface area contributed by atoms with Gasteiger partial charge in [-0.25, -0.2) is 4.79 Å². The quantitative estimate of drug-likeness (QED) is 0.714. The molecule has 1 fully saturated rings. The van der Waals surface area contributed by atoms with Crippen molar-refractivity contribution < 1.29 is 14.7 Å². The third-order valence-electron chi connectivity index (χ3n) is 4.36. The molecule has 2 unspecified atom stereocenters. The van der Waals surface area contributed by atoms with Gasteiger partial charge in [0, 0.05) is 32.1 Å². The summed E-state index contributed by atoms with van der Waals surface area (Å²) >= 11 is 0. The largest absolute Gasteiger partial charge is 0.481 e. The summed E-state index contributed by atoms with van der Waals surface area (Å²) in [6, 6.07) is 0.389. The number of carboxylic acid groups (broad SMARTS) is 1. The Morgan fingerprint density at radius 2 is 2.00 bits per heavy atom. The summed E-state index contributed by atoms with van der Waals surface area (Å²) < 4.78 is 0. The number of urea groups is 1. The van der Waals surface area contributed by atoms with E-state index in [2.05, 4.69) is 24.1 Å². The highest BCUT2D eigenvalue weighted by Crippen LogP contribution is 2.15. The van der Waals surface area contributed by atoms with Gasteiger partial charge in [-0.3, -0.25) is 9.69 Å². The van der Waals surface area contributed by atoms with E-state index in [0.29, 0.717) is 12.6 Å². The number of carbonyl (C=O) groups is 2. The van der Waals surface area contributed by atoms with Crippen LogP contribution in [0.4, 0.5) is 4.79 Å². The molecule has 0 radical (unpaired) electrons. The fraction of sp³-hybridized carbons (Fsp3) is 0.867. The summed E-state index contributed by atoms with van der Waals surface area (Å²) in [5.41, 5.74) is 0. The molecule has 6 nitrogen and oxygen atoms in total. The summed E-state index contributed by atoms with van der Waals surface area (Å²) in [4.78, 5) is 27.1. The second-order valence-corrected chi connectivity index (χ2v) is 5.67. The van der Waals surface area contributed by atoms with Crippen LogP contribution in [0.2, 0.25) is 0 Å². The summed E-state index contributed by atoms with van der Waals surface area (Å²) in [7, 11) is 0. The van der Waals surface area contributed by atoms with Gasteiger partial charge >= 0.3 is 12.0 Å². The molecule has 2 N–H and O–H groups in total. The monoisotopic (exact) mass is 299 g/mol. The molecular formula is C15H29N3O3. The Kier molecular flexibility index (Phi) is 7.50. The minimum absolute atomic E-state index is 0.00707. The maximum Gasteiger partial charge on any atom is 0.317 e. The second kappa shape index (κ2) is 8.87. The van der Waals surface area contributed by atoms with Crippen molar-refractivity contribution in [3.63, 3.8) is 0 Å². The van der Waals surface area contributed by atoms with Gasteiger partial charge in [-0.15, -0.1) is 0 Å². The predicted octanol–water partition coefficient (Wildman–Crippen LogP) is 1.61. The van der Waals surface area contributed by atoms with Gasteiger partial charge in [-0.1, -0.05) is 27.2 Å². The van der Waals surface area contributed by atoms with Crippen LogP contribution in [-0.2, 0) is 4.79 Å². The van der Waals surface area contributed by atoms with Crippen LogP contribution in [0.3, 0.4) is 0 Å². The number of carboxylic acids is 1. The number of hydrogen-bond acceptors (Lipinski definition) is 3. The highest BCUT2D eigenvalue weighted by molar-refractivity contribution is 5.74. The number of hydrogen-bond donors (Lipinski definition) is 2. The number of carbonyl (C=O) groups excluding carboxylic acids is 1. The molecule has 21 heavy (non-hydrogen) atoms. The molecule has 0 aromatic carbocycles. The number of likely N-dealkylation sites (N-methyl/N-ethyl adjacent to an activating group) is 1. The SMILES string of the molecule is CCC(CNC(=O)N1CCC(N(CC)CC)C1)CC(=O)O. The maximum absolute atomic E-state index is 12.1. The van der Waals surface area contributed by atoms with Crippen molar-refractivity contribution in [1.29, 1.82) is 0 Å². The smallest absolute Gasteiger partial charge is 0.317 e.